The van der Waals surface area contributed by atoms with Crippen molar-refractivity contribution in [3.05, 3.63) is 0 Å². The van der Waals surface area contributed by atoms with Gasteiger partial charge in [-0.25, -0.2) is 0 Å². The first kappa shape index (κ1) is 12.3. The first-order valence-electron chi connectivity index (χ1n) is 6.53. The minimum atomic E-state index is 0.333. The quantitative estimate of drug-likeness (QED) is 0.716. The SMILES string of the molecule is CN(C)CCCNC1C2CCOC2C1(C)C. The molecule has 94 valence electrons. The molecular formula is C13H26N2O. The molecule has 1 saturated carbocycles. The molecule has 0 bridgehead atoms. The highest BCUT2D eigenvalue weighted by Crippen LogP contribution is 2.51. The van der Waals surface area contributed by atoms with Gasteiger partial charge in [-0.15, -0.1) is 0 Å². The van der Waals surface area contributed by atoms with E-state index in [4.69, 9.17) is 4.74 Å². The maximum atomic E-state index is 5.79. The zero-order chi connectivity index (χ0) is 11.8. The molecule has 2 fully saturated rings. The van der Waals surface area contributed by atoms with Crippen LogP contribution in [0.15, 0.2) is 0 Å². The fourth-order valence-corrected chi connectivity index (χ4v) is 3.39. The van der Waals surface area contributed by atoms with Crippen molar-refractivity contribution in [3.63, 3.8) is 0 Å². The van der Waals surface area contributed by atoms with Gasteiger partial charge < -0.3 is 15.0 Å². The topological polar surface area (TPSA) is 24.5 Å². The Hall–Kier alpha value is -0.120. The van der Waals surface area contributed by atoms with Gasteiger partial charge in [-0.1, -0.05) is 13.8 Å². The molecule has 16 heavy (non-hydrogen) atoms. The maximum absolute atomic E-state index is 5.79. The normalized spacial score (nSPS) is 36.2. The molecule has 1 N–H and O–H groups in total. The Morgan fingerprint density at radius 2 is 2.12 bits per heavy atom. The molecule has 3 nitrogen and oxygen atoms in total. The van der Waals surface area contributed by atoms with E-state index in [1.165, 1.54) is 19.4 Å². The number of hydrogen-bond acceptors (Lipinski definition) is 3. The monoisotopic (exact) mass is 226 g/mol. The van der Waals surface area contributed by atoms with E-state index in [1.807, 2.05) is 0 Å². The Kier molecular flexibility index (Phi) is 3.57. The molecule has 2 aliphatic rings. The Bertz CT molecular complexity index is 240. The van der Waals surface area contributed by atoms with E-state index >= 15 is 0 Å². The van der Waals surface area contributed by atoms with Crippen LogP contribution in [-0.4, -0.2) is 50.8 Å². The number of hydrogen-bond donors (Lipinski definition) is 1. The third kappa shape index (κ3) is 2.13. The summed E-state index contributed by atoms with van der Waals surface area (Å²) in [6.45, 7) is 7.95. The summed E-state index contributed by atoms with van der Waals surface area (Å²) in [7, 11) is 4.27. The van der Waals surface area contributed by atoms with Gasteiger partial charge in [0.05, 0.1) is 6.10 Å². The second-order valence-electron chi connectivity index (χ2n) is 6.15. The van der Waals surface area contributed by atoms with Crippen molar-refractivity contribution < 1.29 is 4.74 Å². The van der Waals surface area contributed by atoms with Crippen molar-refractivity contribution in [1.29, 1.82) is 0 Å². The molecule has 1 heterocycles. The molecule has 0 radical (unpaired) electrons. The van der Waals surface area contributed by atoms with Crippen LogP contribution in [0.4, 0.5) is 0 Å². The highest BCUT2D eigenvalue weighted by Gasteiger charge is 2.58. The van der Waals surface area contributed by atoms with Gasteiger partial charge in [0.2, 0.25) is 0 Å². The summed E-state index contributed by atoms with van der Waals surface area (Å²) in [4.78, 5) is 2.25. The van der Waals surface area contributed by atoms with Crippen molar-refractivity contribution in [2.75, 3.05) is 33.8 Å². The molecule has 0 aromatic carbocycles. The van der Waals surface area contributed by atoms with E-state index in [9.17, 15) is 0 Å². The lowest BCUT2D eigenvalue weighted by Gasteiger charge is -2.55. The lowest BCUT2D eigenvalue weighted by Crippen LogP contribution is -2.65. The first-order chi connectivity index (χ1) is 7.53. The predicted molar refractivity (Wildman–Crippen MR) is 66.6 cm³/mol. The van der Waals surface area contributed by atoms with E-state index in [1.54, 1.807) is 0 Å². The van der Waals surface area contributed by atoms with Gasteiger partial charge >= 0.3 is 0 Å². The van der Waals surface area contributed by atoms with Crippen LogP contribution >= 0.6 is 0 Å². The minimum absolute atomic E-state index is 0.333. The van der Waals surface area contributed by atoms with Gasteiger partial charge in [-0.05, 0) is 40.0 Å². The van der Waals surface area contributed by atoms with Crippen molar-refractivity contribution in [2.24, 2.45) is 11.3 Å². The Balaban J connectivity index is 1.73. The van der Waals surface area contributed by atoms with Crippen molar-refractivity contribution in [3.8, 4) is 0 Å². The van der Waals surface area contributed by atoms with E-state index in [2.05, 4.69) is 38.2 Å². The van der Waals surface area contributed by atoms with Gasteiger partial charge in [0.15, 0.2) is 0 Å². The minimum Gasteiger partial charge on any atom is -0.377 e. The fraction of sp³-hybridized carbons (Fsp3) is 1.00. The number of nitrogens with zero attached hydrogens (tertiary/aromatic N) is 1. The van der Waals surface area contributed by atoms with Crippen LogP contribution in [0.25, 0.3) is 0 Å². The molecule has 0 aromatic rings. The van der Waals surface area contributed by atoms with Gasteiger partial charge in [0.25, 0.3) is 0 Å². The zero-order valence-electron chi connectivity index (χ0n) is 11.1. The molecule has 0 amide bonds. The summed E-state index contributed by atoms with van der Waals surface area (Å²) >= 11 is 0. The van der Waals surface area contributed by atoms with Crippen LogP contribution in [0, 0.1) is 11.3 Å². The number of rotatable bonds is 5. The molecule has 1 aliphatic carbocycles. The fourth-order valence-electron chi connectivity index (χ4n) is 3.39. The van der Waals surface area contributed by atoms with Crippen LogP contribution in [0.5, 0.6) is 0 Å². The average molecular weight is 226 g/mol. The van der Waals surface area contributed by atoms with Crippen molar-refractivity contribution in [1.82, 2.24) is 10.2 Å². The molecule has 1 aliphatic heterocycles. The molecule has 3 unspecified atom stereocenters. The summed E-state index contributed by atoms with van der Waals surface area (Å²) in [5, 5.41) is 3.73. The lowest BCUT2D eigenvalue weighted by molar-refractivity contribution is -0.112. The van der Waals surface area contributed by atoms with Crippen LogP contribution < -0.4 is 5.32 Å². The number of nitrogens with one attached hydrogen (secondary N) is 1. The first-order valence-corrected chi connectivity index (χ1v) is 6.53. The van der Waals surface area contributed by atoms with E-state index in [-0.39, 0.29) is 0 Å². The van der Waals surface area contributed by atoms with Crippen LogP contribution in [-0.2, 0) is 4.74 Å². The third-order valence-corrected chi connectivity index (χ3v) is 4.25. The van der Waals surface area contributed by atoms with Crippen molar-refractivity contribution >= 4 is 0 Å². The third-order valence-electron chi connectivity index (χ3n) is 4.25. The Labute approximate surface area is 99.5 Å². The van der Waals surface area contributed by atoms with E-state index in [0.717, 1.165) is 19.1 Å². The summed E-state index contributed by atoms with van der Waals surface area (Å²) in [6.07, 6.45) is 3.00. The number of ether oxygens (including phenoxy) is 1. The highest BCUT2D eigenvalue weighted by atomic mass is 16.5. The maximum Gasteiger partial charge on any atom is 0.0685 e. The van der Waals surface area contributed by atoms with Gasteiger partial charge in [-0.2, -0.15) is 0 Å². The molecule has 0 spiro atoms. The molecular weight excluding hydrogens is 200 g/mol. The Morgan fingerprint density at radius 1 is 1.38 bits per heavy atom. The zero-order valence-corrected chi connectivity index (χ0v) is 11.1. The standard InChI is InChI=1S/C13H26N2O/c1-13(2)11(10-6-9-16-12(10)13)14-7-5-8-15(3)4/h10-12,14H,5-9H2,1-4H3. The van der Waals surface area contributed by atoms with Gasteiger partial charge in [0, 0.05) is 24.0 Å². The van der Waals surface area contributed by atoms with E-state index < -0.39 is 0 Å². The summed E-state index contributed by atoms with van der Waals surface area (Å²) in [6, 6.07) is 0.669. The van der Waals surface area contributed by atoms with Gasteiger partial charge in [0.1, 0.15) is 0 Å². The summed E-state index contributed by atoms with van der Waals surface area (Å²) in [5.41, 5.74) is 0.333. The second-order valence-corrected chi connectivity index (χ2v) is 6.15. The second kappa shape index (κ2) is 4.63. The molecule has 3 heteroatoms. The highest BCUT2D eigenvalue weighted by molar-refractivity contribution is 5.11. The van der Waals surface area contributed by atoms with Crippen molar-refractivity contribution in [2.45, 2.75) is 38.8 Å². The predicted octanol–water partition coefficient (Wildman–Crippen LogP) is 1.34. The molecule has 2 rings (SSSR count). The average Bonchev–Trinajstić information content (AvgIpc) is 2.63. The van der Waals surface area contributed by atoms with Crippen LogP contribution in [0.2, 0.25) is 0 Å². The van der Waals surface area contributed by atoms with E-state index in [0.29, 0.717) is 17.6 Å². The molecule has 3 atom stereocenters. The molecule has 0 aromatic heterocycles. The molecule has 1 saturated heterocycles. The number of fused-ring (bicyclic) bond motifs is 1. The van der Waals surface area contributed by atoms with Crippen LogP contribution in [0.1, 0.15) is 26.7 Å². The summed E-state index contributed by atoms with van der Waals surface area (Å²) in [5.74, 6) is 0.773. The smallest absolute Gasteiger partial charge is 0.0685 e. The lowest BCUT2D eigenvalue weighted by atomic mass is 9.57. The van der Waals surface area contributed by atoms with Crippen LogP contribution in [0.3, 0.4) is 0 Å². The largest absolute Gasteiger partial charge is 0.377 e. The van der Waals surface area contributed by atoms with Gasteiger partial charge in [-0.3, -0.25) is 0 Å². The summed E-state index contributed by atoms with van der Waals surface area (Å²) < 4.78 is 5.79. The Morgan fingerprint density at radius 3 is 2.81 bits per heavy atom.